The van der Waals surface area contributed by atoms with Crippen molar-refractivity contribution in [3.8, 4) is 17.5 Å². The van der Waals surface area contributed by atoms with Gasteiger partial charge in [0.1, 0.15) is 11.8 Å². The molecule has 0 amide bonds. The van der Waals surface area contributed by atoms with Crippen LogP contribution in [0.15, 0.2) is 24.3 Å². The van der Waals surface area contributed by atoms with Gasteiger partial charge in [-0.3, -0.25) is 0 Å². The van der Waals surface area contributed by atoms with Crippen LogP contribution >= 0.6 is 0 Å². The van der Waals surface area contributed by atoms with Gasteiger partial charge < -0.3 is 15.6 Å². The van der Waals surface area contributed by atoms with Crippen molar-refractivity contribution in [2.75, 3.05) is 18.9 Å². The van der Waals surface area contributed by atoms with Gasteiger partial charge in [-0.1, -0.05) is 0 Å². The third-order valence-electron chi connectivity index (χ3n) is 3.76. The normalized spacial score (nSPS) is 15.8. The molecule has 1 aromatic carbocycles. The third-order valence-corrected chi connectivity index (χ3v) is 3.76. The lowest BCUT2D eigenvalue weighted by Gasteiger charge is -2.20. The van der Waals surface area contributed by atoms with Crippen molar-refractivity contribution in [2.45, 2.75) is 18.8 Å². The minimum Gasteiger partial charge on any atom is -0.508 e. The molecule has 0 unspecified atom stereocenters. The summed E-state index contributed by atoms with van der Waals surface area (Å²) in [6.07, 6.45) is 1.73. The average molecular weight is 284 g/mol. The number of hydrogen-bond acceptors (Lipinski definition) is 5. The molecule has 2 aromatic rings. The first-order valence-electron chi connectivity index (χ1n) is 6.86. The number of phenolic OH excluding ortho intramolecular Hbond substituents is 1. The van der Waals surface area contributed by atoms with Crippen molar-refractivity contribution >= 4 is 5.69 Å². The maximum atomic E-state index is 9.36. The lowest BCUT2D eigenvalue weighted by molar-refractivity contribution is 0.0845. The van der Waals surface area contributed by atoms with Crippen LogP contribution in [0.25, 0.3) is 5.69 Å². The van der Waals surface area contributed by atoms with E-state index >= 15 is 0 Å². The molecule has 0 saturated carbocycles. The van der Waals surface area contributed by atoms with Crippen molar-refractivity contribution in [1.82, 2.24) is 9.78 Å². The predicted octanol–water partition coefficient (Wildman–Crippen LogP) is 1.93. The number of nitriles is 1. The molecule has 6 heteroatoms. The minimum absolute atomic E-state index is 0.169. The van der Waals surface area contributed by atoms with Gasteiger partial charge in [0.25, 0.3) is 0 Å². The Labute approximate surface area is 122 Å². The summed E-state index contributed by atoms with van der Waals surface area (Å²) < 4.78 is 6.90. The molecule has 1 fully saturated rings. The first kappa shape index (κ1) is 13.5. The number of aromatic hydroxyl groups is 1. The van der Waals surface area contributed by atoms with Gasteiger partial charge in [-0.2, -0.15) is 10.4 Å². The van der Waals surface area contributed by atoms with E-state index in [4.69, 9.17) is 10.5 Å². The summed E-state index contributed by atoms with van der Waals surface area (Å²) in [4.78, 5) is 0. The Balaban J connectivity index is 2.05. The fraction of sp³-hybridized carbons (Fsp3) is 0.333. The number of nitrogens with two attached hydrogens (primary N) is 1. The van der Waals surface area contributed by atoms with Gasteiger partial charge in [0.05, 0.1) is 17.1 Å². The highest BCUT2D eigenvalue weighted by molar-refractivity contribution is 5.58. The summed E-state index contributed by atoms with van der Waals surface area (Å²) in [7, 11) is 0. The van der Waals surface area contributed by atoms with Crippen molar-refractivity contribution in [2.24, 2.45) is 0 Å². The number of anilines is 1. The van der Waals surface area contributed by atoms with Gasteiger partial charge in [-0.05, 0) is 37.1 Å². The minimum atomic E-state index is 0.169. The Morgan fingerprint density at radius 3 is 2.57 bits per heavy atom. The number of hydrogen-bond donors (Lipinski definition) is 2. The molecule has 1 aromatic heterocycles. The number of aromatic nitrogens is 2. The van der Waals surface area contributed by atoms with E-state index in [0.29, 0.717) is 30.3 Å². The van der Waals surface area contributed by atoms with Gasteiger partial charge in [-0.25, -0.2) is 4.68 Å². The summed E-state index contributed by atoms with van der Waals surface area (Å²) in [6.45, 7) is 1.39. The van der Waals surface area contributed by atoms with Crippen LogP contribution in [-0.4, -0.2) is 28.1 Å². The molecule has 108 valence electrons. The van der Waals surface area contributed by atoms with Gasteiger partial charge in [0.15, 0.2) is 5.69 Å². The highest BCUT2D eigenvalue weighted by Gasteiger charge is 2.25. The molecule has 3 rings (SSSR count). The molecule has 6 nitrogen and oxygen atoms in total. The second kappa shape index (κ2) is 5.46. The number of ether oxygens (including phenoxy) is 1. The maximum absolute atomic E-state index is 9.36. The summed E-state index contributed by atoms with van der Waals surface area (Å²) in [5, 5.41) is 23.3. The van der Waals surface area contributed by atoms with Crippen molar-refractivity contribution in [3.63, 3.8) is 0 Å². The molecule has 3 N–H and O–H groups in total. The van der Waals surface area contributed by atoms with Gasteiger partial charge >= 0.3 is 0 Å². The van der Waals surface area contributed by atoms with Crippen molar-refractivity contribution < 1.29 is 9.84 Å². The Morgan fingerprint density at radius 1 is 1.29 bits per heavy atom. The Bertz CT molecular complexity index is 679. The fourth-order valence-electron chi connectivity index (χ4n) is 2.61. The molecule has 0 aliphatic carbocycles. The smallest absolute Gasteiger partial charge is 0.167 e. The summed E-state index contributed by atoms with van der Waals surface area (Å²) in [6, 6.07) is 8.64. The number of nitrogens with zero attached hydrogens (tertiary/aromatic N) is 3. The first-order valence-corrected chi connectivity index (χ1v) is 6.86. The molecule has 1 aliphatic heterocycles. The highest BCUT2D eigenvalue weighted by Crippen LogP contribution is 2.32. The summed E-state index contributed by atoms with van der Waals surface area (Å²) in [5.74, 6) is 0.395. The van der Waals surface area contributed by atoms with Crippen LogP contribution in [-0.2, 0) is 4.74 Å². The molecule has 1 saturated heterocycles. The van der Waals surface area contributed by atoms with Crippen LogP contribution in [0.5, 0.6) is 5.75 Å². The topological polar surface area (TPSA) is 97.1 Å². The zero-order valence-electron chi connectivity index (χ0n) is 11.5. The molecule has 1 aliphatic rings. The lowest BCUT2D eigenvalue weighted by Crippen LogP contribution is -2.15. The van der Waals surface area contributed by atoms with Crippen LogP contribution in [0, 0.1) is 11.3 Å². The molecule has 0 bridgehead atoms. The van der Waals surface area contributed by atoms with Crippen LogP contribution < -0.4 is 5.73 Å². The van der Waals surface area contributed by atoms with Crippen molar-refractivity contribution in [3.05, 3.63) is 35.7 Å². The first-order chi connectivity index (χ1) is 10.2. The third kappa shape index (κ3) is 2.43. The predicted molar refractivity (Wildman–Crippen MR) is 77.2 cm³/mol. The molecule has 21 heavy (non-hydrogen) atoms. The fourth-order valence-corrected chi connectivity index (χ4v) is 2.61. The highest BCUT2D eigenvalue weighted by atomic mass is 16.5. The van der Waals surface area contributed by atoms with Crippen LogP contribution in [0.3, 0.4) is 0 Å². The molecule has 0 atom stereocenters. The zero-order chi connectivity index (χ0) is 14.8. The van der Waals surface area contributed by atoms with E-state index in [1.165, 1.54) is 0 Å². The number of rotatable bonds is 2. The maximum Gasteiger partial charge on any atom is 0.167 e. The largest absolute Gasteiger partial charge is 0.508 e. The van der Waals surface area contributed by atoms with Crippen LogP contribution in [0.4, 0.5) is 5.69 Å². The Hall–Kier alpha value is -2.52. The molecular weight excluding hydrogens is 268 g/mol. The van der Waals surface area contributed by atoms with E-state index in [0.717, 1.165) is 18.5 Å². The average Bonchev–Trinajstić information content (AvgIpc) is 2.85. The van der Waals surface area contributed by atoms with E-state index in [-0.39, 0.29) is 11.7 Å². The Morgan fingerprint density at radius 2 is 1.95 bits per heavy atom. The van der Waals surface area contributed by atoms with E-state index in [1.54, 1.807) is 28.9 Å². The van der Waals surface area contributed by atoms with Gasteiger partial charge in [0, 0.05) is 19.1 Å². The molecular formula is C15H16N4O2. The molecule has 0 spiro atoms. The number of benzene rings is 1. The van der Waals surface area contributed by atoms with Crippen LogP contribution in [0.2, 0.25) is 0 Å². The molecule has 0 radical (unpaired) electrons. The number of nitrogen functional groups attached to an aromatic ring is 1. The second-order valence-corrected chi connectivity index (χ2v) is 5.07. The lowest BCUT2D eigenvalue weighted by atomic mass is 9.95. The summed E-state index contributed by atoms with van der Waals surface area (Å²) in [5.41, 5.74) is 8.36. The SMILES string of the molecule is N#Cc1c(N)c(C2CCOCC2)nn1-c1ccc(O)cc1. The van der Waals surface area contributed by atoms with E-state index < -0.39 is 0 Å². The monoisotopic (exact) mass is 284 g/mol. The van der Waals surface area contributed by atoms with Crippen LogP contribution in [0.1, 0.15) is 30.1 Å². The second-order valence-electron chi connectivity index (χ2n) is 5.07. The van der Waals surface area contributed by atoms with Gasteiger partial charge in [-0.15, -0.1) is 0 Å². The summed E-state index contributed by atoms with van der Waals surface area (Å²) >= 11 is 0. The van der Waals surface area contributed by atoms with Gasteiger partial charge in [0.2, 0.25) is 0 Å². The van der Waals surface area contributed by atoms with E-state index in [2.05, 4.69) is 11.2 Å². The number of phenols is 1. The zero-order valence-corrected chi connectivity index (χ0v) is 11.5. The van der Waals surface area contributed by atoms with E-state index in [1.807, 2.05) is 0 Å². The van der Waals surface area contributed by atoms with E-state index in [9.17, 15) is 10.4 Å². The molecule has 2 heterocycles. The quantitative estimate of drug-likeness (QED) is 0.878. The van der Waals surface area contributed by atoms with Crippen molar-refractivity contribution in [1.29, 1.82) is 5.26 Å². The Kier molecular flexibility index (Phi) is 3.50. The standard InChI is InChI=1S/C15H16N4O2/c16-9-13-14(17)15(10-5-7-21-8-6-10)18-19(13)11-1-3-12(20)4-2-11/h1-4,10,20H,5-8,17H2.